The number of thiazole rings is 1. The summed E-state index contributed by atoms with van der Waals surface area (Å²) in [6, 6.07) is 11.4. The summed E-state index contributed by atoms with van der Waals surface area (Å²) in [7, 11) is 7.14. The van der Waals surface area contributed by atoms with E-state index in [1.54, 1.807) is 31.3 Å². The maximum Gasteiger partial charge on any atom is 0.252 e. The number of hydrogen-bond donors (Lipinski definition) is 0. The van der Waals surface area contributed by atoms with Crippen LogP contribution in [-0.4, -0.2) is 63.8 Å². The fourth-order valence-electron chi connectivity index (χ4n) is 3.11. The summed E-state index contributed by atoms with van der Waals surface area (Å²) in [5.41, 5.74) is 1.62. The van der Waals surface area contributed by atoms with E-state index in [0.29, 0.717) is 36.3 Å². The quantitative estimate of drug-likeness (QED) is 0.424. The molecule has 0 aliphatic heterocycles. The first-order chi connectivity index (χ1) is 15.5. The molecular formula is C24H29N3O4S. The molecule has 0 atom stereocenters. The molecule has 0 spiro atoms. The second-order valence-corrected chi connectivity index (χ2v) is 8.28. The molecule has 1 heterocycles. The summed E-state index contributed by atoms with van der Waals surface area (Å²) in [6.07, 6.45) is 3.33. The molecule has 0 N–H and O–H groups in total. The van der Waals surface area contributed by atoms with Crippen molar-refractivity contribution in [1.82, 2.24) is 9.88 Å². The summed E-state index contributed by atoms with van der Waals surface area (Å²) >= 11 is 1.48. The van der Waals surface area contributed by atoms with Gasteiger partial charge in [-0.3, -0.25) is 9.69 Å². The molecule has 3 rings (SSSR count). The topological polar surface area (TPSA) is 64.1 Å². The fraction of sp³-hybridized carbons (Fsp3) is 0.333. The molecule has 0 radical (unpaired) electrons. The molecular weight excluding hydrogens is 426 g/mol. The van der Waals surface area contributed by atoms with Crippen LogP contribution in [0.15, 0.2) is 42.5 Å². The molecule has 0 saturated carbocycles. The molecule has 32 heavy (non-hydrogen) atoms. The van der Waals surface area contributed by atoms with E-state index in [1.165, 1.54) is 11.3 Å². The van der Waals surface area contributed by atoms with Crippen LogP contribution in [0.4, 0.5) is 5.13 Å². The minimum absolute atomic E-state index is 0.140. The fourth-order valence-corrected chi connectivity index (χ4v) is 4.13. The molecule has 170 valence electrons. The lowest BCUT2D eigenvalue weighted by atomic mass is 10.2. The van der Waals surface area contributed by atoms with Gasteiger partial charge in [-0.2, -0.15) is 0 Å². The van der Waals surface area contributed by atoms with Crippen molar-refractivity contribution in [1.29, 1.82) is 0 Å². The van der Waals surface area contributed by atoms with Crippen molar-refractivity contribution in [2.75, 3.05) is 52.9 Å². The highest BCUT2D eigenvalue weighted by Gasteiger charge is 2.19. The van der Waals surface area contributed by atoms with E-state index in [2.05, 4.69) is 0 Å². The van der Waals surface area contributed by atoms with Crippen LogP contribution in [0.3, 0.4) is 0 Å². The minimum atomic E-state index is -0.140. The van der Waals surface area contributed by atoms with E-state index in [4.69, 9.17) is 19.2 Å². The lowest BCUT2D eigenvalue weighted by Gasteiger charge is -2.20. The molecule has 1 amide bonds. The highest BCUT2D eigenvalue weighted by molar-refractivity contribution is 7.22. The number of aromatic nitrogens is 1. The average Bonchev–Trinajstić information content (AvgIpc) is 3.22. The van der Waals surface area contributed by atoms with Gasteiger partial charge in [-0.1, -0.05) is 23.5 Å². The van der Waals surface area contributed by atoms with Crippen LogP contribution in [0, 0.1) is 0 Å². The van der Waals surface area contributed by atoms with E-state index in [0.717, 1.165) is 21.5 Å². The normalized spacial score (nSPS) is 11.3. The van der Waals surface area contributed by atoms with Gasteiger partial charge in [0.2, 0.25) is 0 Å². The third kappa shape index (κ3) is 5.57. The number of fused-ring (bicyclic) bond motifs is 1. The maximum atomic E-state index is 13.2. The van der Waals surface area contributed by atoms with E-state index in [1.807, 2.05) is 62.3 Å². The Labute approximate surface area is 192 Å². The van der Waals surface area contributed by atoms with Crippen LogP contribution in [-0.2, 0) is 4.79 Å². The Morgan fingerprint density at radius 2 is 1.84 bits per heavy atom. The van der Waals surface area contributed by atoms with Crippen molar-refractivity contribution in [3.05, 3.63) is 48.0 Å². The molecule has 2 aromatic carbocycles. The van der Waals surface area contributed by atoms with Gasteiger partial charge in [0.15, 0.2) is 16.6 Å². The SMILES string of the molecule is CCOc1cccc2sc(N(CCN(C)C)C(=O)C=Cc3ccc(OC)c(OC)c3)nc12. The molecule has 0 fully saturated rings. The van der Waals surface area contributed by atoms with Crippen molar-refractivity contribution in [2.45, 2.75) is 6.92 Å². The molecule has 0 aliphatic carbocycles. The smallest absolute Gasteiger partial charge is 0.252 e. The van der Waals surface area contributed by atoms with Gasteiger partial charge in [-0.25, -0.2) is 4.98 Å². The number of methoxy groups -OCH3 is 2. The van der Waals surface area contributed by atoms with Gasteiger partial charge in [0.05, 0.1) is 25.5 Å². The first kappa shape index (κ1) is 23.6. The predicted octanol–water partition coefficient (Wildman–Crippen LogP) is 4.32. The summed E-state index contributed by atoms with van der Waals surface area (Å²) in [4.78, 5) is 21.7. The molecule has 0 bridgehead atoms. The standard InChI is InChI=1S/C24H29N3O4S/c1-6-31-19-8-7-9-21-23(19)25-24(32-21)27(15-14-26(2)3)22(28)13-11-17-10-12-18(29-4)20(16-17)30-5/h7-13,16H,6,14-15H2,1-5H3. The maximum absolute atomic E-state index is 13.2. The van der Waals surface area contributed by atoms with Crippen molar-refractivity contribution < 1.29 is 19.0 Å². The third-order valence-corrected chi connectivity index (χ3v) is 5.81. The number of carbonyl (C=O) groups excluding carboxylic acids is 1. The van der Waals surface area contributed by atoms with Gasteiger partial charge in [0.25, 0.3) is 5.91 Å². The Morgan fingerprint density at radius 3 is 2.53 bits per heavy atom. The predicted molar refractivity (Wildman–Crippen MR) is 130 cm³/mol. The van der Waals surface area contributed by atoms with Crippen LogP contribution in [0.1, 0.15) is 12.5 Å². The molecule has 0 saturated heterocycles. The number of carbonyl (C=O) groups is 1. The molecule has 1 aromatic heterocycles. The Hall–Kier alpha value is -3.10. The number of para-hydroxylation sites is 1. The number of ether oxygens (including phenoxy) is 3. The van der Waals surface area contributed by atoms with Crippen LogP contribution < -0.4 is 19.1 Å². The summed E-state index contributed by atoms with van der Waals surface area (Å²) < 4.78 is 17.3. The van der Waals surface area contributed by atoms with Gasteiger partial charge >= 0.3 is 0 Å². The monoisotopic (exact) mass is 455 g/mol. The van der Waals surface area contributed by atoms with Crippen molar-refractivity contribution in [3.63, 3.8) is 0 Å². The zero-order chi connectivity index (χ0) is 23.1. The number of benzene rings is 2. The number of amides is 1. The lowest BCUT2D eigenvalue weighted by Crippen LogP contribution is -2.35. The van der Waals surface area contributed by atoms with E-state index in [-0.39, 0.29) is 5.91 Å². The van der Waals surface area contributed by atoms with Gasteiger partial charge < -0.3 is 19.1 Å². The molecule has 8 heteroatoms. The second kappa shape index (κ2) is 11.0. The zero-order valence-corrected chi connectivity index (χ0v) is 19.9. The van der Waals surface area contributed by atoms with Gasteiger partial charge in [0.1, 0.15) is 11.3 Å². The van der Waals surface area contributed by atoms with E-state index in [9.17, 15) is 4.79 Å². The lowest BCUT2D eigenvalue weighted by molar-refractivity contribution is -0.114. The van der Waals surface area contributed by atoms with Crippen LogP contribution in [0.25, 0.3) is 16.3 Å². The van der Waals surface area contributed by atoms with Crippen LogP contribution in [0.5, 0.6) is 17.2 Å². The van der Waals surface area contributed by atoms with Gasteiger partial charge in [-0.15, -0.1) is 0 Å². The number of rotatable bonds is 10. The van der Waals surface area contributed by atoms with Crippen LogP contribution in [0.2, 0.25) is 0 Å². The molecule has 7 nitrogen and oxygen atoms in total. The summed E-state index contributed by atoms with van der Waals surface area (Å²) in [6.45, 7) is 3.73. The Kier molecular flexibility index (Phi) is 8.08. The van der Waals surface area contributed by atoms with E-state index >= 15 is 0 Å². The summed E-state index contributed by atoms with van der Waals surface area (Å²) in [5.74, 6) is 1.84. The van der Waals surface area contributed by atoms with Crippen molar-refractivity contribution in [2.24, 2.45) is 0 Å². The summed E-state index contributed by atoms with van der Waals surface area (Å²) in [5, 5.41) is 0.649. The third-order valence-electron chi connectivity index (χ3n) is 4.76. The number of anilines is 1. The second-order valence-electron chi connectivity index (χ2n) is 7.27. The van der Waals surface area contributed by atoms with Crippen LogP contribution >= 0.6 is 11.3 Å². The van der Waals surface area contributed by atoms with Crippen molar-refractivity contribution in [3.8, 4) is 17.2 Å². The highest BCUT2D eigenvalue weighted by atomic mass is 32.1. The average molecular weight is 456 g/mol. The minimum Gasteiger partial charge on any atom is -0.493 e. The van der Waals surface area contributed by atoms with Crippen molar-refractivity contribution >= 4 is 38.7 Å². The number of likely N-dealkylation sites (N-methyl/N-ethyl adjacent to an activating group) is 1. The Morgan fingerprint density at radius 1 is 1.06 bits per heavy atom. The number of hydrogen-bond acceptors (Lipinski definition) is 7. The molecule has 0 aliphatic rings. The molecule has 3 aromatic rings. The van der Waals surface area contributed by atoms with Gasteiger partial charge in [-0.05, 0) is 56.9 Å². The largest absolute Gasteiger partial charge is 0.493 e. The first-order valence-corrected chi connectivity index (χ1v) is 11.2. The number of nitrogens with zero attached hydrogens (tertiary/aromatic N) is 3. The van der Waals surface area contributed by atoms with E-state index < -0.39 is 0 Å². The van der Waals surface area contributed by atoms with Gasteiger partial charge in [0, 0.05) is 19.2 Å². The highest BCUT2D eigenvalue weighted by Crippen LogP contribution is 2.34. The first-order valence-electron chi connectivity index (χ1n) is 10.4. The Bertz CT molecular complexity index is 1090. The molecule has 0 unspecified atom stereocenters. The Balaban J connectivity index is 1.90. The zero-order valence-electron chi connectivity index (χ0n) is 19.1.